The van der Waals surface area contributed by atoms with Gasteiger partial charge in [-0.25, -0.2) is 0 Å². The van der Waals surface area contributed by atoms with Crippen molar-refractivity contribution < 1.29 is 10.2 Å². The summed E-state index contributed by atoms with van der Waals surface area (Å²) in [6, 6.07) is 8.45. The lowest BCUT2D eigenvalue weighted by atomic mass is 9.44. The van der Waals surface area contributed by atoms with Gasteiger partial charge in [-0.1, -0.05) is 50.3 Å². The Morgan fingerprint density at radius 3 is 2.45 bits per heavy atom. The van der Waals surface area contributed by atoms with Crippen LogP contribution in [0.15, 0.2) is 36.4 Å². The summed E-state index contributed by atoms with van der Waals surface area (Å²) in [6.07, 6.45) is 6.37. The van der Waals surface area contributed by atoms with Crippen molar-refractivity contribution in [2.45, 2.75) is 32.1 Å². The molecule has 0 spiro atoms. The van der Waals surface area contributed by atoms with Crippen LogP contribution in [0.25, 0.3) is 0 Å². The van der Waals surface area contributed by atoms with E-state index in [1.165, 1.54) is 11.1 Å². The zero-order valence-electron chi connectivity index (χ0n) is 12.3. The predicted molar refractivity (Wildman–Crippen MR) is 80.5 cm³/mol. The van der Waals surface area contributed by atoms with Gasteiger partial charge >= 0.3 is 0 Å². The first-order valence-electron chi connectivity index (χ1n) is 7.61. The van der Waals surface area contributed by atoms with Crippen LogP contribution in [-0.4, -0.2) is 23.4 Å². The Morgan fingerprint density at radius 1 is 1.05 bits per heavy atom. The summed E-state index contributed by atoms with van der Waals surface area (Å²) < 4.78 is 0. The standard InChI is InChI=1S/C18H24O2/c1-13-7-8-14(2)18(12-20)16-6-4-3-5-15(16)9-10-17(13,18)11-19/h3-8,13-14,19-20H,9-12H2,1-2H3/t13-,14-,17+,18-/m1/s1. The molecule has 0 aromatic heterocycles. The van der Waals surface area contributed by atoms with Crippen LogP contribution in [-0.2, 0) is 11.8 Å². The van der Waals surface area contributed by atoms with Gasteiger partial charge in [-0.15, -0.1) is 0 Å². The molecule has 0 amide bonds. The quantitative estimate of drug-likeness (QED) is 0.813. The number of benzene rings is 1. The Kier molecular flexibility index (Phi) is 3.26. The molecule has 0 saturated heterocycles. The summed E-state index contributed by atoms with van der Waals surface area (Å²) in [7, 11) is 0. The molecule has 3 rings (SSSR count). The zero-order valence-corrected chi connectivity index (χ0v) is 12.3. The molecule has 2 N–H and O–H groups in total. The van der Waals surface area contributed by atoms with Crippen molar-refractivity contribution in [3.05, 3.63) is 47.5 Å². The highest BCUT2D eigenvalue weighted by atomic mass is 16.3. The van der Waals surface area contributed by atoms with Crippen LogP contribution in [0.2, 0.25) is 0 Å². The molecular weight excluding hydrogens is 248 g/mol. The van der Waals surface area contributed by atoms with Crippen LogP contribution in [0.5, 0.6) is 0 Å². The number of aliphatic hydroxyl groups excluding tert-OH is 2. The van der Waals surface area contributed by atoms with E-state index in [-0.39, 0.29) is 35.9 Å². The van der Waals surface area contributed by atoms with Gasteiger partial charge in [-0.2, -0.15) is 0 Å². The van der Waals surface area contributed by atoms with Crippen LogP contribution in [0.3, 0.4) is 0 Å². The molecule has 0 saturated carbocycles. The van der Waals surface area contributed by atoms with Gasteiger partial charge in [0.2, 0.25) is 0 Å². The maximum absolute atomic E-state index is 10.4. The molecule has 0 bridgehead atoms. The van der Waals surface area contributed by atoms with E-state index in [0.717, 1.165) is 12.8 Å². The van der Waals surface area contributed by atoms with Gasteiger partial charge in [0.15, 0.2) is 0 Å². The number of allylic oxidation sites excluding steroid dienone is 2. The van der Waals surface area contributed by atoms with E-state index in [9.17, 15) is 10.2 Å². The van der Waals surface area contributed by atoms with Crippen molar-refractivity contribution in [2.24, 2.45) is 17.3 Å². The highest BCUT2D eigenvalue weighted by Gasteiger charge is 2.59. The second-order valence-electron chi connectivity index (χ2n) is 6.56. The lowest BCUT2D eigenvalue weighted by molar-refractivity contribution is -0.0683. The van der Waals surface area contributed by atoms with Crippen molar-refractivity contribution >= 4 is 0 Å². The first-order chi connectivity index (χ1) is 9.62. The van der Waals surface area contributed by atoms with Gasteiger partial charge in [0.1, 0.15) is 0 Å². The molecular formula is C18H24O2. The zero-order chi connectivity index (χ0) is 14.4. The predicted octanol–water partition coefficient (Wildman–Crippen LogP) is 2.68. The third kappa shape index (κ3) is 1.47. The Bertz CT molecular complexity index is 536. The smallest absolute Gasteiger partial charge is 0.0540 e. The minimum Gasteiger partial charge on any atom is -0.396 e. The van der Waals surface area contributed by atoms with E-state index in [0.29, 0.717) is 0 Å². The maximum atomic E-state index is 10.4. The Hall–Kier alpha value is -1.12. The van der Waals surface area contributed by atoms with Gasteiger partial charge < -0.3 is 10.2 Å². The molecule has 0 radical (unpaired) electrons. The van der Waals surface area contributed by atoms with Crippen LogP contribution < -0.4 is 0 Å². The van der Waals surface area contributed by atoms with Gasteiger partial charge in [0, 0.05) is 10.8 Å². The van der Waals surface area contributed by atoms with Gasteiger partial charge in [-0.05, 0) is 35.8 Å². The fourth-order valence-corrected chi connectivity index (χ4v) is 4.79. The van der Waals surface area contributed by atoms with E-state index in [4.69, 9.17) is 0 Å². The molecule has 0 aliphatic heterocycles. The third-order valence-corrected chi connectivity index (χ3v) is 6.10. The number of aryl methyl sites for hydroxylation is 1. The monoisotopic (exact) mass is 272 g/mol. The van der Waals surface area contributed by atoms with Crippen LogP contribution in [0.4, 0.5) is 0 Å². The average Bonchev–Trinajstić information content (AvgIpc) is 2.50. The summed E-state index contributed by atoms with van der Waals surface area (Å²) in [4.78, 5) is 0. The van der Waals surface area contributed by atoms with Crippen LogP contribution >= 0.6 is 0 Å². The molecule has 2 nitrogen and oxygen atoms in total. The summed E-state index contributed by atoms with van der Waals surface area (Å²) in [5, 5.41) is 20.6. The van der Waals surface area contributed by atoms with E-state index >= 15 is 0 Å². The molecule has 108 valence electrons. The number of rotatable bonds is 2. The largest absolute Gasteiger partial charge is 0.396 e. The Balaban J connectivity index is 2.30. The highest BCUT2D eigenvalue weighted by molar-refractivity contribution is 5.44. The molecule has 2 aliphatic rings. The third-order valence-electron chi connectivity index (χ3n) is 6.10. The Labute approximate surface area is 121 Å². The van der Waals surface area contributed by atoms with Crippen molar-refractivity contribution in [2.75, 3.05) is 13.2 Å². The minimum atomic E-state index is -0.356. The van der Waals surface area contributed by atoms with Crippen molar-refractivity contribution in [1.29, 1.82) is 0 Å². The number of fused-ring (bicyclic) bond motifs is 3. The van der Waals surface area contributed by atoms with Gasteiger partial charge in [0.05, 0.1) is 13.2 Å². The molecule has 0 heterocycles. The Morgan fingerprint density at radius 2 is 1.75 bits per heavy atom. The first kappa shape index (κ1) is 13.8. The maximum Gasteiger partial charge on any atom is 0.0540 e. The minimum absolute atomic E-state index is 0.0976. The number of aliphatic hydroxyl groups is 2. The fraction of sp³-hybridized carbons (Fsp3) is 0.556. The second kappa shape index (κ2) is 4.71. The van der Waals surface area contributed by atoms with E-state index in [1.807, 2.05) is 0 Å². The first-order valence-corrected chi connectivity index (χ1v) is 7.61. The fourth-order valence-electron chi connectivity index (χ4n) is 4.79. The van der Waals surface area contributed by atoms with Gasteiger partial charge in [-0.3, -0.25) is 0 Å². The van der Waals surface area contributed by atoms with E-state index < -0.39 is 0 Å². The summed E-state index contributed by atoms with van der Waals surface area (Å²) in [5.41, 5.74) is 1.97. The molecule has 2 heteroatoms. The van der Waals surface area contributed by atoms with Crippen molar-refractivity contribution in [1.82, 2.24) is 0 Å². The van der Waals surface area contributed by atoms with Crippen LogP contribution in [0.1, 0.15) is 31.4 Å². The lowest BCUT2D eigenvalue weighted by Crippen LogP contribution is -2.61. The summed E-state index contributed by atoms with van der Waals surface area (Å²) in [6.45, 7) is 4.58. The summed E-state index contributed by atoms with van der Waals surface area (Å²) >= 11 is 0. The molecule has 20 heavy (non-hydrogen) atoms. The second-order valence-corrected chi connectivity index (χ2v) is 6.56. The highest BCUT2D eigenvalue weighted by Crippen LogP contribution is 2.60. The average molecular weight is 272 g/mol. The van der Waals surface area contributed by atoms with E-state index in [1.54, 1.807) is 0 Å². The molecule has 0 unspecified atom stereocenters. The lowest BCUT2D eigenvalue weighted by Gasteiger charge is -2.60. The SMILES string of the molecule is C[C@@H]1C=C[C@@H](C)[C@]2(CO)c3ccccc3CC[C@]12CO. The normalized spacial score (nSPS) is 39.2. The molecule has 1 aromatic carbocycles. The van der Waals surface area contributed by atoms with Gasteiger partial charge in [0.25, 0.3) is 0 Å². The molecule has 4 atom stereocenters. The summed E-state index contributed by atoms with van der Waals surface area (Å²) in [5.74, 6) is 0.515. The number of hydrogen-bond donors (Lipinski definition) is 2. The van der Waals surface area contributed by atoms with Crippen molar-refractivity contribution in [3.63, 3.8) is 0 Å². The van der Waals surface area contributed by atoms with E-state index in [2.05, 4.69) is 50.3 Å². The van der Waals surface area contributed by atoms with Crippen LogP contribution in [0, 0.1) is 17.3 Å². The molecule has 1 aromatic rings. The molecule has 2 aliphatic carbocycles. The topological polar surface area (TPSA) is 40.5 Å². The molecule has 0 fully saturated rings. The van der Waals surface area contributed by atoms with Crippen molar-refractivity contribution in [3.8, 4) is 0 Å². The number of hydrogen-bond acceptors (Lipinski definition) is 2.